The van der Waals surface area contributed by atoms with Crippen LogP contribution in [0.25, 0.3) is 198 Å². The molecule has 116 heavy (non-hydrogen) atoms. The van der Waals surface area contributed by atoms with Crippen molar-refractivity contribution < 1.29 is 29.7 Å². The van der Waals surface area contributed by atoms with Gasteiger partial charge in [0.1, 0.15) is 11.6 Å². The molecule has 22 rings (SSSR count). The minimum atomic E-state index is -0.0625. The van der Waals surface area contributed by atoms with Crippen LogP contribution in [0.4, 0.5) is 0 Å². The first-order valence-electron chi connectivity index (χ1n) is 39.3. The predicted octanol–water partition coefficient (Wildman–Crippen LogP) is 26.2. The molecule has 0 bridgehead atoms. The molecule has 0 radical (unpaired) electrons. The summed E-state index contributed by atoms with van der Waals surface area (Å²) in [6.45, 7) is 20.1. The van der Waals surface area contributed by atoms with Crippen LogP contribution >= 0.6 is 0 Å². The molecule has 10 nitrogen and oxygen atoms in total. The van der Waals surface area contributed by atoms with Crippen LogP contribution in [-0.4, -0.2) is 49.8 Å². The fourth-order valence-electron chi connectivity index (χ4n) is 17.7. The Morgan fingerprint density at radius 2 is 0.543 bits per heavy atom. The summed E-state index contributed by atoms with van der Waals surface area (Å²) in [4.78, 5) is 41.3. The van der Waals surface area contributed by atoms with Crippen LogP contribution < -0.4 is 0 Å². The SMILES string of the molecule is CC(=O)CC(C)=O.Cc1ccc2c(c1)c1cc(C)ccc1n2-c1[c-]c2c(cc1)c1ccc(-n3c4ccc(C)cc4c4cc(C)ccc43)cc1c1nc(-c3ccccc3)cnc21.Cc1ccc2c(c1)c1cc(C)ccc1n2-c1[c-]c2c(cc1)c1ccc(-n3c4ccc(C)cc4c4cc(C)ccc43)cc1c1nc(-c3ccccc3)cnc21.[Ir+3]. The van der Waals surface area contributed by atoms with Gasteiger partial charge in [-0.25, -0.2) is 0 Å². The van der Waals surface area contributed by atoms with Crippen LogP contribution in [0.5, 0.6) is 0 Å². The first kappa shape index (κ1) is 72.7. The van der Waals surface area contributed by atoms with E-state index in [1.165, 1.54) is 146 Å². The number of hydrogen-bond acceptors (Lipinski definition) is 6. The van der Waals surface area contributed by atoms with Crippen molar-refractivity contribution in [3.8, 4) is 45.3 Å². The van der Waals surface area contributed by atoms with E-state index in [1.807, 2.05) is 24.5 Å². The Morgan fingerprint density at radius 1 is 0.276 bits per heavy atom. The van der Waals surface area contributed by atoms with E-state index in [9.17, 15) is 9.59 Å². The summed E-state index contributed by atoms with van der Waals surface area (Å²) in [6, 6.07) is 105. The molecule has 0 aliphatic heterocycles. The first-order valence-corrected chi connectivity index (χ1v) is 39.3. The van der Waals surface area contributed by atoms with Crippen molar-refractivity contribution in [1.29, 1.82) is 0 Å². The van der Waals surface area contributed by atoms with E-state index in [1.54, 1.807) is 0 Å². The fourth-order valence-corrected chi connectivity index (χ4v) is 17.7. The van der Waals surface area contributed by atoms with E-state index in [-0.39, 0.29) is 38.1 Å². The number of ketones is 2. The molecule has 0 amide bonds. The summed E-state index contributed by atoms with van der Waals surface area (Å²) >= 11 is 0. The monoisotopic (exact) mass is 1680 g/mol. The molecule has 22 aromatic rings. The molecule has 0 unspecified atom stereocenters. The second-order valence-electron chi connectivity index (χ2n) is 31.4. The van der Waals surface area contributed by atoms with Crippen LogP contribution in [0.1, 0.15) is 64.8 Å². The van der Waals surface area contributed by atoms with Gasteiger partial charge in [-0.05, 0) is 213 Å². The molecule has 0 aliphatic carbocycles. The summed E-state index contributed by atoms with van der Waals surface area (Å²) in [5.74, 6) is -0.125. The zero-order valence-electron chi connectivity index (χ0n) is 66.0. The maximum absolute atomic E-state index is 10.0. The van der Waals surface area contributed by atoms with E-state index in [4.69, 9.17) is 19.9 Å². The van der Waals surface area contributed by atoms with Gasteiger partial charge in [-0.3, -0.25) is 19.6 Å². The van der Waals surface area contributed by atoms with Gasteiger partial charge in [-0.15, -0.1) is 47.2 Å². The van der Waals surface area contributed by atoms with Crippen LogP contribution in [0, 0.1) is 67.5 Å². The molecule has 6 aromatic heterocycles. The molecule has 0 aliphatic rings. The van der Waals surface area contributed by atoms with E-state index >= 15 is 0 Å². The quantitative estimate of drug-likeness (QED) is 0.0852. The van der Waals surface area contributed by atoms with E-state index in [0.29, 0.717) is 0 Å². The van der Waals surface area contributed by atoms with E-state index in [2.05, 4.69) is 341 Å². The van der Waals surface area contributed by atoms with E-state index in [0.717, 1.165) is 110 Å². The number of nitrogens with zero attached hydrogens (tertiary/aromatic N) is 8. The zero-order valence-corrected chi connectivity index (χ0v) is 68.4. The van der Waals surface area contributed by atoms with Crippen LogP contribution in [0.3, 0.4) is 0 Å². The Morgan fingerprint density at radius 3 is 0.810 bits per heavy atom. The van der Waals surface area contributed by atoms with Gasteiger partial charge < -0.3 is 28.2 Å². The summed E-state index contributed by atoms with van der Waals surface area (Å²) in [5, 5.41) is 18.6. The van der Waals surface area contributed by atoms with Crippen molar-refractivity contribution >= 4 is 164 Å². The molecular weight excluding hydrogens is 1600 g/mol. The Balaban J connectivity index is 0.000000142. The third-order valence-electron chi connectivity index (χ3n) is 22.9. The predicted molar refractivity (Wildman–Crippen MR) is 479 cm³/mol. The first-order chi connectivity index (χ1) is 55.9. The number of rotatable bonds is 8. The number of Topliss-reactive ketones (excluding diaryl/α,β-unsaturated/α-hetero) is 2. The number of carbonyl (C=O) groups excluding carboxylic acids is 2. The third kappa shape index (κ3) is 12.3. The summed E-state index contributed by atoms with van der Waals surface area (Å²) in [7, 11) is 0. The standard InChI is InChI=1S/2C50H35N4.C5H8O2.Ir/c2*1-29-10-18-45-38(22-29)39-23-30(2)11-19-46(39)53(45)34-14-16-36-37-17-15-35(54-47-20-12-31(3)24-40(47)41-25-32(4)13-21-48(41)54)27-43(37)50-49(42(36)26-34)51-28-44(52-50)33-8-6-5-7-9-33;1-4(6)3-5(2)7;/h2*5-25,27-28H,1-4H3;3H2,1-2H3;/q2*-1;;+3. The smallest absolute Gasteiger partial charge is 0.327 e. The third-order valence-corrected chi connectivity index (χ3v) is 22.9. The number of aryl methyl sites for hydroxylation is 8. The van der Waals surface area contributed by atoms with Gasteiger partial charge in [0, 0.05) is 89.0 Å². The van der Waals surface area contributed by atoms with E-state index < -0.39 is 0 Å². The average molecular weight is 1680 g/mol. The van der Waals surface area contributed by atoms with Gasteiger partial charge in [0.05, 0.1) is 73.0 Å². The molecule has 11 heteroatoms. The van der Waals surface area contributed by atoms with Crippen molar-refractivity contribution in [3.63, 3.8) is 0 Å². The van der Waals surface area contributed by atoms with Crippen LogP contribution in [0.15, 0.2) is 279 Å². The second kappa shape index (κ2) is 28.5. The maximum atomic E-state index is 10.0. The Kier molecular flexibility index (Phi) is 17.9. The second-order valence-corrected chi connectivity index (χ2v) is 31.4. The molecular formula is C105H78IrN8O2+. The van der Waals surface area contributed by atoms with Gasteiger partial charge >= 0.3 is 20.1 Å². The molecule has 0 N–H and O–H groups in total. The molecule has 0 spiro atoms. The Labute approximate surface area is 683 Å². The largest absolute Gasteiger partial charge is 3.00 e. The molecule has 0 fully saturated rings. The van der Waals surface area contributed by atoms with Crippen LogP contribution in [-0.2, 0) is 29.7 Å². The molecule has 16 aromatic carbocycles. The van der Waals surface area contributed by atoms with Gasteiger partial charge in [0.15, 0.2) is 0 Å². The average Bonchev–Trinajstić information content (AvgIpc) is 1.21. The Hall–Kier alpha value is -13.6. The number of hydrogen-bond donors (Lipinski definition) is 0. The summed E-state index contributed by atoms with van der Waals surface area (Å²) in [6.07, 6.45) is 3.91. The number of carbonyl (C=O) groups is 2. The fraction of sp³-hybridized carbons (Fsp3) is 0.105. The van der Waals surface area contributed by atoms with Gasteiger partial charge in [0.2, 0.25) is 0 Å². The topological polar surface area (TPSA) is 105 Å². The van der Waals surface area contributed by atoms with Gasteiger partial charge in [-0.2, -0.15) is 0 Å². The molecule has 6 heterocycles. The minimum Gasteiger partial charge on any atom is -0.327 e. The maximum Gasteiger partial charge on any atom is 3.00 e. The van der Waals surface area contributed by atoms with Crippen molar-refractivity contribution in [2.24, 2.45) is 0 Å². The number of benzene rings is 16. The molecule has 0 atom stereocenters. The zero-order chi connectivity index (χ0) is 78.3. The molecule has 0 saturated carbocycles. The minimum absolute atomic E-state index is 0. The molecule has 0 saturated heterocycles. The van der Waals surface area contributed by atoms with Crippen molar-refractivity contribution in [1.82, 2.24) is 38.2 Å². The van der Waals surface area contributed by atoms with Gasteiger partial charge in [0.25, 0.3) is 0 Å². The summed E-state index contributed by atoms with van der Waals surface area (Å²) in [5.41, 5.74) is 30.8. The van der Waals surface area contributed by atoms with Gasteiger partial charge in [-0.1, -0.05) is 187 Å². The number of aromatic nitrogens is 8. The van der Waals surface area contributed by atoms with Crippen molar-refractivity contribution in [3.05, 3.63) is 336 Å². The Bertz CT molecular complexity index is 7220. The van der Waals surface area contributed by atoms with Crippen molar-refractivity contribution in [2.75, 3.05) is 0 Å². The molecule has 558 valence electrons. The summed E-state index contributed by atoms with van der Waals surface area (Å²) < 4.78 is 9.49. The normalized spacial score (nSPS) is 11.7. The van der Waals surface area contributed by atoms with Crippen LogP contribution in [0.2, 0.25) is 0 Å². The number of fused-ring (bicyclic) bond motifs is 24. The van der Waals surface area contributed by atoms with Crippen molar-refractivity contribution in [2.45, 2.75) is 75.7 Å².